The average Bonchev–Trinajstić information content (AvgIpc) is 3.48. The summed E-state index contributed by atoms with van der Waals surface area (Å²) in [5, 5.41) is 14.8. The minimum atomic E-state index is -0.247. The smallest absolute Gasteiger partial charge is 0.123 e. The SMILES string of the molecule is N#Cc1sccc1-c1c(-c2cccs2)n(Sc2ccc(F)cc2)c2ccccc12. The van der Waals surface area contributed by atoms with Gasteiger partial charge in [-0.15, -0.1) is 22.7 Å². The molecule has 0 aliphatic carbocycles. The Labute approximate surface area is 179 Å². The van der Waals surface area contributed by atoms with Gasteiger partial charge >= 0.3 is 0 Å². The van der Waals surface area contributed by atoms with Crippen molar-refractivity contribution in [1.29, 1.82) is 5.26 Å². The zero-order valence-electron chi connectivity index (χ0n) is 15.0. The summed E-state index contributed by atoms with van der Waals surface area (Å²) in [6.07, 6.45) is 0. The van der Waals surface area contributed by atoms with Gasteiger partial charge in [-0.3, -0.25) is 3.97 Å². The van der Waals surface area contributed by atoms with Gasteiger partial charge in [0.05, 0.1) is 16.1 Å². The van der Waals surface area contributed by atoms with E-state index in [-0.39, 0.29) is 5.82 Å². The first-order chi connectivity index (χ1) is 14.3. The standard InChI is InChI=1S/C23H13FN2S3/c24-15-7-9-16(10-8-15)29-26-19-5-2-1-4-17(19)22(18-11-13-28-21(18)14-25)23(26)20-6-3-12-27-20/h1-13H. The number of hydrogen-bond acceptors (Lipinski definition) is 4. The first-order valence-corrected chi connectivity index (χ1v) is 11.4. The first kappa shape index (κ1) is 18.2. The molecule has 3 heterocycles. The van der Waals surface area contributed by atoms with E-state index < -0.39 is 0 Å². The molecular formula is C23H13FN2S3. The Morgan fingerprint density at radius 1 is 0.897 bits per heavy atom. The molecule has 5 aromatic rings. The van der Waals surface area contributed by atoms with E-state index in [1.807, 2.05) is 29.6 Å². The zero-order chi connectivity index (χ0) is 19.8. The number of nitriles is 1. The molecule has 0 saturated heterocycles. The lowest BCUT2D eigenvalue weighted by Crippen LogP contribution is -1.91. The van der Waals surface area contributed by atoms with Crippen molar-refractivity contribution in [2.24, 2.45) is 0 Å². The molecule has 6 heteroatoms. The number of rotatable bonds is 4. The number of thiophene rings is 2. The van der Waals surface area contributed by atoms with Gasteiger partial charge in [-0.25, -0.2) is 4.39 Å². The highest BCUT2D eigenvalue weighted by atomic mass is 32.2. The molecule has 0 aliphatic heterocycles. The molecule has 2 aromatic carbocycles. The molecule has 0 N–H and O–H groups in total. The van der Waals surface area contributed by atoms with Crippen LogP contribution in [-0.4, -0.2) is 3.97 Å². The van der Waals surface area contributed by atoms with Crippen LogP contribution in [0, 0.1) is 17.1 Å². The lowest BCUT2D eigenvalue weighted by atomic mass is 10.0. The zero-order valence-corrected chi connectivity index (χ0v) is 17.5. The maximum Gasteiger partial charge on any atom is 0.123 e. The predicted molar refractivity (Wildman–Crippen MR) is 121 cm³/mol. The van der Waals surface area contributed by atoms with E-state index in [1.165, 1.54) is 23.5 Å². The Kier molecular flexibility index (Phi) is 4.72. The third-order valence-electron chi connectivity index (χ3n) is 4.63. The summed E-state index contributed by atoms with van der Waals surface area (Å²) in [4.78, 5) is 2.78. The van der Waals surface area contributed by atoms with Gasteiger partial charge in [0.1, 0.15) is 16.8 Å². The van der Waals surface area contributed by atoms with E-state index in [0.29, 0.717) is 4.88 Å². The molecule has 5 rings (SSSR count). The van der Waals surface area contributed by atoms with Gasteiger partial charge in [-0.2, -0.15) is 5.26 Å². The Morgan fingerprint density at radius 3 is 2.48 bits per heavy atom. The van der Waals surface area contributed by atoms with Crippen LogP contribution in [0.5, 0.6) is 0 Å². The summed E-state index contributed by atoms with van der Waals surface area (Å²) >= 11 is 4.69. The number of fused-ring (bicyclic) bond motifs is 1. The Bertz CT molecular complexity index is 1340. The number of nitrogens with zero attached hydrogens (tertiary/aromatic N) is 2. The van der Waals surface area contributed by atoms with Gasteiger partial charge in [0, 0.05) is 21.4 Å². The summed E-state index contributed by atoms with van der Waals surface area (Å²) in [5.41, 5.74) is 4.15. The Morgan fingerprint density at radius 2 is 1.72 bits per heavy atom. The molecule has 0 bridgehead atoms. The fraction of sp³-hybridized carbons (Fsp3) is 0. The number of para-hydroxylation sites is 1. The second kappa shape index (κ2) is 7.53. The Hall–Kier alpha value is -2.85. The van der Waals surface area contributed by atoms with Crippen LogP contribution in [0.1, 0.15) is 4.88 Å². The van der Waals surface area contributed by atoms with Crippen molar-refractivity contribution in [3.8, 4) is 27.8 Å². The van der Waals surface area contributed by atoms with Crippen molar-refractivity contribution in [2.75, 3.05) is 0 Å². The molecule has 0 saturated carbocycles. The number of aromatic nitrogens is 1. The van der Waals surface area contributed by atoms with Crippen molar-refractivity contribution in [3.63, 3.8) is 0 Å². The fourth-order valence-electron chi connectivity index (χ4n) is 3.41. The van der Waals surface area contributed by atoms with Crippen molar-refractivity contribution in [3.05, 3.63) is 88.2 Å². The number of benzene rings is 2. The average molecular weight is 433 g/mol. The third kappa shape index (κ3) is 3.18. The van der Waals surface area contributed by atoms with Gasteiger partial charge in [-0.05, 0) is 65.2 Å². The quantitative estimate of drug-likeness (QED) is 0.292. The largest absolute Gasteiger partial charge is 0.278 e. The highest BCUT2D eigenvalue weighted by Crippen LogP contribution is 2.47. The Balaban J connectivity index is 1.84. The lowest BCUT2D eigenvalue weighted by Gasteiger charge is -2.10. The van der Waals surface area contributed by atoms with Gasteiger partial charge in [0.25, 0.3) is 0 Å². The summed E-state index contributed by atoms with van der Waals surface area (Å²) in [5.74, 6) is -0.247. The van der Waals surface area contributed by atoms with E-state index >= 15 is 0 Å². The molecule has 3 aromatic heterocycles. The topological polar surface area (TPSA) is 28.7 Å². The molecule has 0 fully saturated rings. The molecule has 0 aliphatic rings. The highest BCUT2D eigenvalue weighted by molar-refractivity contribution is 7.98. The molecule has 0 radical (unpaired) electrons. The van der Waals surface area contributed by atoms with Crippen LogP contribution in [-0.2, 0) is 0 Å². The van der Waals surface area contributed by atoms with Crippen LogP contribution in [0.25, 0.3) is 32.6 Å². The van der Waals surface area contributed by atoms with Gasteiger partial charge < -0.3 is 0 Å². The van der Waals surface area contributed by atoms with E-state index in [1.54, 1.807) is 35.4 Å². The molecule has 2 nitrogen and oxygen atoms in total. The van der Waals surface area contributed by atoms with Crippen LogP contribution in [0.3, 0.4) is 0 Å². The normalized spacial score (nSPS) is 11.0. The number of hydrogen-bond donors (Lipinski definition) is 0. The van der Waals surface area contributed by atoms with Crippen molar-refractivity contribution < 1.29 is 4.39 Å². The minimum Gasteiger partial charge on any atom is -0.278 e. The van der Waals surface area contributed by atoms with Crippen molar-refractivity contribution in [1.82, 2.24) is 3.97 Å². The molecule has 0 amide bonds. The maximum absolute atomic E-state index is 13.4. The molecule has 0 unspecified atom stereocenters. The van der Waals surface area contributed by atoms with Crippen molar-refractivity contribution >= 4 is 45.5 Å². The van der Waals surface area contributed by atoms with Crippen molar-refractivity contribution in [2.45, 2.75) is 4.90 Å². The second-order valence-electron chi connectivity index (χ2n) is 6.33. The fourth-order valence-corrected chi connectivity index (χ4v) is 5.93. The van der Waals surface area contributed by atoms with Crippen LogP contribution < -0.4 is 0 Å². The number of halogens is 1. The first-order valence-electron chi connectivity index (χ1n) is 8.85. The summed E-state index contributed by atoms with van der Waals surface area (Å²) in [7, 11) is 0. The van der Waals surface area contributed by atoms with E-state index in [0.717, 1.165) is 37.5 Å². The van der Waals surface area contributed by atoms with Crippen LogP contribution >= 0.6 is 34.6 Å². The second-order valence-corrected chi connectivity index (χ2v) is 9.22. The van der Waals surface area contributed by atoms with Gasteiger partial charge in [0.2, 0.25) is 0 Å². The van der Waals surface area contributed by atoms with Gasteiger partial charge in [-0.1, -0.05) is 24.3 Å². The minimum absolute atomic E-state index is 0.247. The highest BCUT2D eigenvalue weighted by Gasteiger charge is 2.23. The van der Waals surface area contributed by atoms with E-state index in [9.17, 15) is 9.65 Å². The van der Waals surface area contributed by atoms with Gasteiger partial charge in [0.15, 0.2) is 0 Å². The summed E-state index contributed by atoms with van der Waals surface area (Å²) in [6.45, 7) is 0. The molecule has 29 heavy (non-hydrogen) atoms. The van der Waals surface area contributed by atoms with Crippen LogP contribution in [0.4, 0.5) is 4.39 Å². The third-order valence-corrected chi connectivity index (χ3v) is 7.37. The predicted octanol–water partition coefficient (Wildman–Crippen LogP) is 7.66. The summed E-state index contributed by atoms with van der Waals surface area (Å²) < 4.78 is 15.6. The molecule has 0 spiro atoms. The van der Waals surface area contributed by atoms with Crippen LogP contribution in [0.15, 0.2) is 82.4 Å². The summed E-state index contributed by atoms with van der Waals surface area (Å²) in [6, 6.07) is 23.3. The molecule has 140 valence electrons. The van der Waals surface area contributed by atoms with Crippen LogP contribution in [0.2, 0.25) is 0 Å². The molecule has 0 atom stereocenters. The maximum atomic E-state index is 13.4. The van der Waals surface area contributed by atoms with E-state index in [2.05, 4.69) is 33.6 Å². The van der Waals surface area contributed by atoms with E-state index in [4.69, 9.17) is 0 Å². The monoisotopic (exact) mass is 432 g/mol. The molecular weight excluding hydrogens is 419 g/mol. The lowest BCUT2D eigenvalue weighted by molar-refractivity contribution is 0.626.